The average molecular weight is 816 g/mol. The number of fused-ring (bicyclic) bond motifs is 5. The number of carbonyl (C=O) groups excluding carboxylic acids is 3. The van der Waals surface area contributed by atoms with Gasteiger partial charge in [0.15, 0.2) is 11.4 Å². The summed E-state index contributed by atoms with van der Waals surface area (Å²) in [6, 6.07) is 34.6. The van der Waals surface area contributed by atoms with Crippen molar-refractivity contribution in [3.05, 3.63) is 148 Å². The highest BCUT2D eigenvalue weighted by Crippen LogP contribution is 2.61. The maximum Gasteiger partial charge on any atom is 0.266 e. The van der Waals surface area contributed by atoms with Crippen molar-refractivity contribution in [2.75, 3.05) is 16.4 Å². The number of nitrogens with zero attached hydrogens (tertiary/aromatic N) is 3. The predicted molar refractivity (Wildman–Crippen MR) is 223 cm³/mol. The number of rotatable bonds is 7. The molecule has 9 rings (SSSR count). The Balaban J connectivity index is 1.05. The van der Waals surface area contributed by atoms with Gasteiger partial charge in [-0.05, 0) is 90.8 Å². The van der Waals surface area contributed by atoms with Crippen LogP contribution in [0.2, 0.25) is 23.7 Å². The number of halogens is 2. The van der Waals surface area contributed by atoms with E-state index in [1.54, 1.807) is 64.2 Å². The molecule has 0 aliphatic carbocycles. The van der Waals surface area contributed by atoms with Gasteiger partial charge in [-0.1, -0.05) is 79.2 Å². The fourth-order valence-electron chi connectivity index (χ4n) is 9.75. The molecule has 1 spiro atoms. The van der Waals surface area contributed by atoms with E-state index in [0.717, 1.165) is 16.7 Å². The Labute approximate surface area is 342 Å². The first-order valence-corrected chi connectivity index (χ1v) is 23.0. The van der Waals surface area contributed by atoms with Crippen LogP contribution in [0.4, 0.5) is 21.2 Å². The third kappa shape index (κ3) is 6.23. The van der Waals surface area contributed by atoms with Gasteiger partial charge in [0.25, 0.3) is 11.8 Å². The topological polar surface area (TPSA) is 99.6 Å². The second-order valence-corrected chi connectivity index (χ2v) is 20.5. The molecule has 3 amide bonds. The number of para-hydroxylation sites is 3. The molecule has 1 N–H and O–H groups in total. The lowest BCUT2D eigenvalue weighted by Gasteiger charge is -2.37. The highest BCUT2D eigenvalue weighted by atomic mass is 35.5. The Bertz CT molecular complexity index is 2480. The summed E-state index contributed by atoms with van der Waals surface area (Å²) >= 11 is 6.64. The third-order valence-corrected chi connectivity index (χ3v) is 15.0. The molecule has 0 bridgehead atoms. The van der Waals surface area contributed by atoms with Crippen molar-refractivity contribution in [2.24, 2.45) is 5.92 Å². The molecule has 4 aliphatic rings. The molecule has 4 aliphatic heterocycles. The normalized spacial score (nSPS) is 23.6. The van der Waals surface area contributed by atoms with Gasteiger partial charge >= 0.3 is 0 Å². The lowest BCUT2D eigenvalue weighted by Crippen LogP contribution is -2.48. The second-order valence-electron chi connectivity index (χ2n) is 16.2. The van der Waals surface area contributed by atoms with Gasteiger partial charge in [0.05, 0.1) is 48.7 Å². The molecule has 4 heterocycles. The zero-order valence-electron chi connectivity index (χ0n) is 32.4. The Kier molecular flexibility index (Phi) is 9.54. The van der Waals surface area contributed by atoms with E-state index in [1.165, 1.54) is 0 Å². The number of anilines is 3. The van der Waals surface area contributed by atoms with Crippen LogP contribution in [0.25, 0.3) is 0 Å². The van der Waals surface area contributed by atoms with Crippen molar-refractivity contribution in [1.82, 2.24) is 4.90 Å². The number of ether oxygens (including phenoxy) is 2. The smallest absolute Gasteiger partial charge is 0.266 e. The number of hydrogen-bond donors (Lipinski definition) is 1. The first kappa shape index (κ1) is 38.2. The summed E-state index contributed by atoms with van der Waals surface area (Å²) in [5.41, 5.74) is 3.22. The predicted octanol–water partition coefficient (Wildman–Crippen LogP) is 9.08. The summed E-state index contributed by atoms with van der Waals surface area (Å²) in [7, 11) is -3.59. The minimum atomic E-state index is -3.59. The molecule has 5 atom stereocenters. The highest BCUT2D eigenvalue weighted by Gasteiger charge is 2.67. The number of amides is 3. The van der Waals surface area contributed by atoms with Crippen LogP contribution in [0.3, 0.4) is 0 Å². The summed E-state index contributed by atoms with van der Waals surface area (Å²) in [6.45, 7) is 5.30. The Morgan fingerprint density at radius 1 is 0.897 bits per heavy atom. The number of aliphatic hydroxyl groups excluding tert-OH is 1. The van der Waals surface area contributed by atoms with E-state index < -0.39 is 37.6 Å². The average Bonchev–Trinajstić information content (AvgIpc) is 3.58. The molecule has 0 unspecified atom stereocenters. The van der Waals surface area contributed by atoms with Crippen LogP contribution in [0, 0.1) is 5.92 Å². The van der Waals surface area contributed by atoms with Gasteiger partial charge < -0.3 is 28.5 Å². The van der Waals surface area contributed by atoms with Crippen LogP contribution in [0.15, 0.2) is 115 Å². The van der Waals surface area contributed by atoms with Gasteiger partial charge in [-0.3, -0.25) is 19.3 Å². The number of carbonyl (C=O) groups is 3. The fourth-order valence-corrected chi connectivity index (χ4v) is 12.4. The molecule has 0 aromatic heterocycles. The van der Waals surface area contributed by atoms with E-state index in [1.807, 2.05) is 85.8 Å². The van der Waals surface area contributed by atoms with E-state index in [-0.39, 0.29) is 37.3 Å². The molecule has 1 fully saturated rings. The van der Waals surface area contributed by atoms with Crippen LogP contribution < -0.4 is 14.5 Å². The lowest BCUT2D eigenvalue weighted by molar-refractivity contribution is -0.151. The first-order chi connectivity index (χ1) is 27.9. The molecule has 9 nitrogen and oxygen atoms in total. The van der Waals surface area contributed by atoms with Gasteiger partial charge in [0, 0.05) is 34.3 Å². The Morgan fingerprint density at radius 2 is 1.62 bits per heavy atom. The molecule has 296 valence electrons. The molecule has 58 heavy (non-hydrogen) atoms. The molecule has 1 saturated heterocycles. The van der Waals surface area contributed by atoms with Crippen molar-refractivity contribution >= 4 is 54.8 Å². The maximum atomic E-state index is 16.7. The van der Waals surface area contributed by atoms with Crippen LogP contribution in [-0.4, -0.2) is 54.9 Å². The fraction of sp³-hybridized carbons (Fsp3) is 0.283. The molecule has 5 aromatic rings. The van der Waals surface area contributed by atoms with Crippen molar-refractivity contribution in [3.63, 3.8) is 0 Å². The largest absolute Gasteiger partial charge is 0.454 e. The standard InChI is InChI=1S/C46H43ClFN3O6Si/c1-28-43(58(2,3)48)41(24-42(53)49-26-31-13-5-4-12-30(31)22-34(49)27-52)57-46(28)36-23-32(47)19-20-37(36)50(45(46)55)25-29-11-10-14-33(21-29)51-38-16-7-9-18-40(38)56-39-17-8-6-15-35(39)44(51)54/h4-21,23,28,34,41,43,52H,22,24-27H2,1-3H3/t28-,34+,41+,43-,46+/m1/s1. The summed E-state index contributed by atoms with van der Waals surface area (Å²) < 4.78 is 29.8. The monoisotopic (exact) mass is 815 g/mol. The molecule has 0 radical (unpaired) electrons. The quantitative estimate of drug-likeness (QED) is 0.130. The lowest BCUT2D eigenvalue weighted by atomic mass is 9.82. The van der Waals surface area contributed by atoms with Crippen molar-refractivity contribution in [1.29, 1.82) is 0 Å². The van der Waals surface area contributed by atoms with Crippen LogP contribution in [0.5, 0.6) is 11.5 Å². The molecular weight excluding hydrogens is 773 g/mol. The molecular formula is C46H43ClFN3O6Si. The summed E-state index contributed by atoms with van der Waals surface area (Å²) in [4.78, 5) is 48.6. The third-order valence-electron chi connectivity index (χ3n) is 12.3. The van der Waals surface area contributed by atoms with Crippen LogP contribution in [-0.2, 0) is 39.4 Å². The van der Waals surface area contributed by atoms with Gasteiger partial charge in [0.1, 0.15) is 5.75 Å². The van der Waals surface area contributed by atoms with E-state index in [0.29, 0.717) is 57.7 Å². The Hall–Kier alpha value is -5.33. The summed E-state index contributed by atoms with van der Waals surface area (Å²) in [6.07, 6.45) is -0.528. The SMILES string of the molecule is C[C@@H]1[C@@H]([Si](C)(C)F)[C@H](CC(=O)N2Cc3ccccc3C[C@H]2CO)O[C@@]12C(=O)N(Cc1cccc(N3C(=O)c4ccccc4Oc4ccccc43)c1)c1ccc(Cl)cc12. The second kappa shape index (κ2) is 14.5. The van der Waals surface area contributed by atoms with Gasteiger partial charge in [-0.2, -0.15) is 0 Å². The zero-order chi connectivity index (χ0) is 40.5. The first-order valence-electron chi connectivity index (χ1n) is 19.6. The zero-order valence-corrected chi connectivity index (χ0v) is 34.2. The Morgan fingerprint density at radius 3 is 2.40 bits per heavy atom. The van der Waals surface area contributed by atoms with Gasteiger partial charge in [-0.25, -0.2) is 0 Å². The van der Waals surface area contributed by atoms with Gasteiger partial charge in [-0.15, -0.1) is 0 Å². The van der Waals surface area contributed by atoms with E-state index in [4.69, 9.17) is 21.1 Å². The molecule has 12 heteroatoms. The highest BCUT2D eigenvalue weighted by molar-refractivity contribution is 6.72. The van der Waals surface area contributed by atoms with Crippen molar-refractivity contribution < 1.29 is 33.1 Å². The number of hydrogen-bond acceptors (Lipinski definition) is 6. The van der Waals surface area contributed by atoms with E-state index in [2.05, 4.69) is 0 Å². The maximum absolute atomic E-state index is 16.7. The minimum absolute atomic E-state index is 0.117. The molecule has 5 aromatic carbocycles. The van der Waals surface area contributed by atoms with Crippen molar-refractivity contribution in [2.45, 2.75) is 69.2 Å². The van der Waals surface area contributed by atoms with E-state index in [9.17, 15) is 14.7 Å². The summed E-state index contributed by atoms with van der Waals surface area (Å²) in [5.74, 6) is -0.528. The van der Waals surface area contributed by atoms with Crippen LogP contribution >= 0.6 is 11.6 Å². The van der Waals surface area contributed by atoms with Gasteiger partial charge in [0.2, 0.25) is 14.3 Å². The van der Waals surface area contributed by atoms with Crippen molar-refractivity contribution in [3.8, 4) is 11.5 Å². The number of aliphatic hydroxyl groups is 1. The van der Waals surface area contributed by atoms with E-state index >= 15 is 8.90 Å². The number of benzene rings is 5. The molecule has 0 saturated carbocycles. The van der Waals surface area contributed by atoms with Crippen LogP contribution in [0.1, 0.15) is 46.0 Å². The minimum Gasteiger partial charge on any atom is -0.454 e. The summed E-state index contributed by atoms with van der Waals surface area (Å²) in [5, 5.41) is 10.7.